The zero-order chi connectivity index (χ0) is 17.9. The number of fused-ring (bicyclic) bond motifs is 1. The molecule has 1 aliphatic heterocycles. The molecule has 2 aromatic rings. The number of nitrogens with zero attached hydrogens (tertiary/aromatic N) is 2. The molecule has 1 aliphatic rings. The third-order valence-corrected chi connectivity index (χ3v) is 6.29. The van der Waals surface area contributed by atoms with Gasteiger partial charge in [-0.1, -0.05) is 37.2 Å². The Morgan fingerprint density at radius 3 is 2.68 bits per heavy atom. The molecule has 7 heteroatoms. The molecule has 1 aromatic heterocycles. The smallest absolute Gasteiger partial charge is 0.166 e. The number of aromatic amines is 1. The van der Waals surface area contributed by atoms with Crippen molar-refractivity contribution in [1.29, 1.82) is 0 Å². The highest BCUT2D eigenvalue weighted by atomic mass is 35.5. The fourth-order valence-electron chi connectivity index (χ4n) is 3.15. The lowest BCUT2D eigenvalue weighted by molar-refractivity contribution is 0.0297. The van der Waals surface area contributed by atoms with E-state index in [1.54, 1.807) is 11.8 Å². The number of nitrogens with one attached hydrogen (secondary N) is 2. The van der Waals surface area contributed by atoms with Gasteiger partial charge in [-0.25, -0.2) is 4.98 Å². The fourth-order valence-corrected chi connectivity index (χ4v) is 4.46. The van der Waals surface area contributed by atoms with Crippen molar-refractivity contribution in [2.45, 2.75) is 43.9 Å². The molecule has 3 N–H and O–H groups in total. The van der Waals surface area contributed by atoms with E-state index in [9.17, 15) is 5.11 Å². The van der Waals surface area contributed by atoms with Gasteiger partial charge in [-0.15, -0.1) is 0 Å². The van der Waals surface area contributed by atoms with E-state index in [0.717, 1.165) is 78.1 Å². The van der Waals surface area contributed by atoms with Crippen LogP contribution in [0.1, 0.15) is 33.1 Å². The second kappa shape index (κ2) is 8.16. The number of hydrogen-bond donors (Lipinski definition) is 3. The molecular formula is C18H27ClN4OS. The Morgan fingerprint density at radius 2 is 2.00 bits per heavy atom. The van der Waals surface area contributed by atoms with Crippen LogP contribution in [0, 0.1) is 0 Å². The molecule has 0 atom stereocenters. The van der Waals surface area contributed by atoms with E-state index < -0.39 is 5.60 Å². The van der Waals surface area contributed by atoms with Crippen LogP contribution in [0.15, 0.2) is 17.3 Å². The number of thioether (sulfide) groups is 1. The number of aliphatic hydroxyl groups is 1. The summed E-state index contributed by atoms with van der Waals surface area (Å²) in [5, 5.41) is 15.4. The minimum atomic E-state index is -0.558. The molecule has 0 amide bonds. The number of halogens is 1. The van der Waals surface area contributed by atoms with Gasteiger partial charge in [0.05, 0.1) is 27.3 Å². The van der Waals surface area contributed by atoms with E-state index in [1.807, 2.05) is 19.9 Å². The van der Waals surface area contributed by atoms with Gasteiger partial charge in [-0.05, 0) is 31.4 Å². The Balaban J connectivity index is 1.71. The van der Waals surface area contributed by atoms with Crippen LogP contribution in [0.3, 0.4) is 0 Å². The van der Waals surface area contributed by atoms with Gasteiger partial charge in [-0.3, -0.25) is 0 Å². The summed E-state index contributed by atoms with van der Waals surface area (Å²) in [4.78, 5) is 10.4. The second-order valence-electron chi connectivity index (χ2n) is 6.63. The first-order valence-corrected chi connectivity index (χ1v) is 10.4. The first kappa shape index (κ1) is 18.8. The maximum absolute atomic E-state index is 10.4. The number of benzene rings is 1. The molecule has 1 saturated heterocycles. The van der Waals surface area contributed by atoms with Gasteiger partial charge in [0, 0.05) is 31.9 Å². The van der Waals surface area contributed by atoms with Crippen LogP contribution in [0.4, 0.5) is 5.69 Å². The molecule has 2 heterocycles. The molecule has 25 heavy (non-hydrogen) atoms. The van der Waals surface area contributed by atoms with Gasteiger partial charge in [-0.2, -0.15) is 0 Å². The zero-order valence-corrected chi connectivity index (χ0v) is 16.5. The van der Waals surface area contributed by atoms with Gasteiger partial charge >= 0.3 is 0 Å². The van der Waals surface area contributed by atoms with Crippen LogP contribution < -0.4 is 10.2 Å². The molecule has 138 valence electrons. The molecule has 1 fully saturated rings. The lowest BCUT2D eigenvalue weighted by Crippen LogP contribution is -2.43. The van der Waals surface area contributed by atoms with Crippen LogP contribution in [-0.4, -0.2) is 52.6 Å². The number of piperazine rings is 1. The lowest BCUT2D eigenvalue weighted by Gasteiger charge is -2.30. The summed E-state index contributed by atoms with van der Waals surface area (Å²) in [6.07, 6.45) is 2.34. The summed E-state index contributed by atoms with van der Waals surface area (Å²) in [5.74, 6) is 0.844. The average molecular weight is 383 g/mol. The first-order chi connectivity index (χ1) is 12.0. The van der Waals surface area contributed by atoms with Crippen LogP contribution in [0.5, 0.6) is 0 Å². The summed E-state index contributed by atoms with van der Waals surface area (Å²) in [6.45, 7) is 7.96. The molecule has 0 spiro atoms. The average Bonchev–Trinajstić information content (AvgIpc) is 3.03. The maximum Gasteiger partial charge on any atom is 0.166 e. The minimum absolute atomic E-state index is 0.558. The van der Waals surface area contributed by atoms with Crippen molar-refractivity contribution in [3.63, 3.8) is 0 Å². The van der Waals surface area contributed by atoms with Crippen LogP contribution in [-0.2, 0) is 0 Å². The molecule has 0 bridgehead atoms. The maximum atomic E-state index is 10.4. The van der Waals surface area contributed by atoms with E-state index in [4.69, 9.17) is 16.6 Å². The third-order valence-electron chi connectivity index (χ3n) is 5.11. The number of aromatic nitrogens is 2. The van der Waals surface area contributed by atoms with E-state index in [-0.39, 0.29) is 0 Å². The quantitative estimate of drug-likeness (QED) is 0.638. The summed E-state index contributed by atoms with van der Waals surface area (Å²) >= 11 is 8.16. The summed E-state index contributed by atoms with van der Waals surface area (Å²) in [5.41, 5.74) is 2.41. The standard InChI is InChI=1S/C18H27ClN4OS/c1-3-18(24,4-2)5-10-25-17-21-14-11-13(19)16(12-15(14)22-17)23-8-6-20-7-9-23/h11-12,20,24H,3-10H2,1-2H3,(H,21,22). The second-order valence-corrected chi connectivity index (χ2v) is 8.12. The van der Waals surface area contributed by atoms with Gasteiger partial charge in [0.1, 0.15) is 0 Å². The van der Waals surface area contributed by atoms with Crippen LogP contribution >= 0.6 is 23.4 Å². The molecule has 0 aliphatic carbocycles. The normalized spacial score (nSPS) is 15.9. The number of H-pyrrole nitrogens is 1. The SMILES string of the molecule is CCC(O)(CC)CCSc1nc2cc(N3CCNCC3)c(Cl)cc2[nH]1. The molecule has 0 saturated carbocycles. The topological polar surface area (TPSA) is 64.2 Å². The molecular weight excluding hydrogens is 356 g/mol. The predicted molar refractivity (Wildman–Crippen MR) is 107 cm³/mol. The monoisotopic (exact) mass is 382 g/mol. The third kappa shape index (κ3) is 4.42. The van der Waals surface area contributed by atoms with Gasteiger partial charge in [0.2, 0.25) is 0 Å². The van der Waals surface area contributed by atoms with E-state index in [1.165, 1.54) is 0 Å². The first-order valence-electron chi connectivity index (χ1n) is 9.05. The number of imidazole rings is 1. The molecule has 5 nitrogen and oxygen atoms in total. The van der Waals surface area contributed by atoms with E-state index in [0.29, 0.717) is 0 Å². The zero-order valence-electron chi connectivity index (χ0n) is 14.9. The highest BCUT2D eigenvalue weighted by Gasteiger charge is 2.22. The summed E-state index contributed by atoms with van der Waals surface area (Å²) < 4.78 is 0. The molecule has 0 radical (unpaired) electrons. The number of rotatable bonds is 7. The Morgan fingerprint density at radius 1 is 1.28 bits per heavy atom. The van der Waals surface area contributed by atoms with E-state index in [2.05, 4.69) is 21.3 Å². The highest BCUT2D eigenvalue weighted by molar-refractivity contribution is 7.99. The molecule has 1 aromatic carbocycles. The van der Waals surface area contributed by atoms with Crippen LogP contribution in [0.25, 0.3) is 11.0 Å². The predicted octanol–water partition coefficient (Wildman–Crippen LogP) is 3.66. The Hall–Kier alpha value is -0.950. The van der Waals surface area contributed by atoms with Crippen molar-refractivity contribution in [2.24, 2.45) is 0 Å². The van der Waals surface area contributed by atoms with Crippen molar-refractivity contribution in [1.82, 2.24) is 15.3 Å². The van der Waals surface area contributed by atoms with Gasteiger partial charge in [0.15, 0.2) is 5.16 Å². The lowest BCUT2D eigenvalue weighted by atomic mass is 9.95. The Bertz CT molecular complexity index is 710. The van der Waals surface area contributed by atoms with Gasteiger partial charge < -0.3 is 20.3 Å². The summed E-state index contributed by atoms with van der Waals surface area (Å²) in [6, 6.07) is 4.05. The minimum Gasteiger partial charge on any atom is -0.390 e. The Kier molecular flexibility index (Phi) is 6.15. The Labute approximate surface area is 158 Å². The largest absolute Gasteiger partial charge is 0.390 e. The van der Waals surface area contributed by atoms with Crippen molar-refractivity contribution in [3.05, 3.63) is 17.2 Å². The molecule has 0 unspecified atom stereocenters. The van der Waals surface area contributed by atoms with E-state index >= 15 is 0 Å². The van der Waals surface area contributed by atoms with Crippen molar-refractivity contribution in [2.75, 3.05) is 36.8 Å². The van der Waals surface area contributed by atoms with Crippen molar-refractivity contribution in [3.8, 4) is 0 Å². The molecule has 3 rings (SSSR count). The van der Waals surface area contributed by atoms with Gasteiger partial charge in [0.25, 0.3) is 0 Å². The highest BCUT2D eigenvalue weighted by Crippen LogP contribution is 2.32. The van der Waals surface area contributed by atoms with Crippen molar-refractivity contribution < 1.29 is 5.11 Å². The number of anilines is 1. The summed E-state index contributed by atoms with van der Waals surface area (Å²) in [7, 11) is 0. The fraction of sp³-hybridized carbons (Fsp3) is 0.611. The van der Waals surface area contributed by atoms with Crippen LogP contribution in [0.2, 0.25) is 5.02 Å². The number of hydrogen-bond acceptors (Lipinski definition) is 5. The van der Waals surface area contributed by atoms with Crippen molar-refractivity contribution >= 4 is 40.1 Å².